The van der Waals surface area contributed by atoms with Gasteiger partial charge in [0.1, 0.15) is 5.82 Å². The number of hydrogen-bond acceptors (Lipinski definition) is 4. The van der Waals surface area contributed by atoms with Crippen molar-refractivity contribution < 1.29 is 4.79 Å². The van der Waals surface area contributed by atoms with Crippen molar-refractivity contribution in [2.75, 3.05) is 5.73 Å². The van der Waals surface area contributed by atoms with Crippen LogP contribution in [0.4, 0.5) is 5.82 Å². The highest BCUT2D eigenvalue weighted by Crippen LogP contribution is 2.24. The summed E-state index contributed by atoms with van der Waals surface area (Å²) >= 11 is 0. The van der Waals surface area contributed by atoms with Crippen LogP contribution in [0.2, 0.25) is 0 Å². The average molecular weight is 243 g/mol. The molecule has 0 aliphatic heterocycles. The molecule has 0 spiro atoms. The largest absolute Gasteiger partial charge is 0.382 e. The predicted octanol–water partition coefficient (Wildman–Crippen LogP) is 0.437. The summed E-state index contributed by atoms with van der Waals surface area (Å²) in [4.78, 5) is 16.0. The number of nitrogens with two attached hydrogens (primary N) is 2. The molecule has 1 amide bonds. The van der Waals surface area contributed by atoms with Crippen LogP contribution in [0.5, 0.6) is 0 Å². The molecule has 0 radical (unpaired) electrons. The maximum atomic E-state index is 11.5. The van der Waals surface area contributed by atoms with Crippen LogP contribution in [-0.2, 0) is 12.8 Å². The summed E-state index contributed by atoms with van der Waals surface area (Å²) in [5, 5.41) is 4.07. The zero-order chi connectivity index (χ0) is 12.7. The third-order valence-electron chi connectivity index (χ3n) is 3.12. The number of fused-ring (bicyclic) bond motifs is 1. The van der Waals surface area contributed by atoms with Gasteiger partial charge in [-0.2, -0.15) is 0 Å². The highest BCUT2D eigenvalue weighted by Gasteiger charge is 2.20. The summed E-state index contributed by atoms with van der Waals surface area (Å²) in [6.45, 7) is 0. The lowest BCUT2D eigenvalue weighted by molar-refractivity contribution is 0.0999. The summed E-state index contributed by atoms with van der Waals surface area (Å²) in [5.41, 5.74) is 13.5. The second-order valence-corrected chi connectivity index (χ2v) is 4.37. The number of hydrogen-bond donors (Lipinski definition) is 2. The van der Waals surface area contributed by atoms with Crippen LogP contribution in [0.3, 0.4) is 0 Å². The fourth-order valence-corrected chi connectivity index (χ4v) is 2.27. The zero-order valence-electron chi connectivity index (χ0n) is 9.76. The standard InChI is InChI=1S/C12H13N5O/c13-10-4-5-17(16-10)12-8(11(14)18)6-7-2-1-3-9(7)15-12/h4-6H,1-3H2,(H2,13,16)(H2,14,18). The highest BCUT2D eigenvalue weighted by atomic mass is 16.1. The smallest absolute Gasteiger partial charge is 0.252 e. The van der Waals surface area contributed by atoms with Crippen LogP contribution in [-0.4, -0.2) is 20.7 Å². The predicted molar refractivity (Wildman–Crippen MR) is 66.3 cm³/mol. The summed E-state index contributed by atoms with van der Waals surface area (Å²) in [7, 11) is 0. The molecule has 0 saturated carbocycles. The number of aryl methyl sites for hydroxylation is 2. The van der Waals surface area contributed by atoms with Gasteiger partial charge in [0.05, 0.1) is 5.56 Å². The van der Waals surface area contributed by atoms with Gasteiger partial charge in [-0.25, -0.2) is 9.67 Å². The number of carbonyl (C=O) groups is 1. The highest BCUT2D eigenvalue weighted by molar-refractivity contribution is 5.96. The van der Waals surface area contributed by atoms with Gasteiger partial charge in [0, 0.05) is 18.0 Å². The van der Waals surface area contributed by atoms with Crippen LogP contribution in [0.25, 0.3) is 5.82 Å². The van der Waals surface area contributed by atoms with E-state index in [0.717, 1.165) is 30.5 Å². The Kier molecular flexibility index (Phi) is 2.29. The number of rotatable bonds is 2. The van der Waals surface area contributed by atoms with Gasteiger partial charge >= 0.3 is 0 Å². The van der Waals surface area contributed by atoms with Crippen LogP contribution in [0.15, 0.2) is 18.3 Å². The van der Waals surface area contributed by atoms with Crippen molar-refractivity contribution in [1.82, 2.24) is 14.8 Å². The second-order valence-electron chi connectivity index (χ2n) is 4.37. The molecule has 92 valence electrons. The van der Waals surface area contributed by atoms with E-state index in [1.165, 1.54) is 4.68 Å². The lowest BCUT2D eigenvalue weighted by Crippen LogP contribution is -2.17. The molecule has 1 aliphatic rings. The molecule has 6 heteroatoms. The molecule has 0 unspecified atom stereocenters. The molecule has 2 heterocycles. The Morgan fingerprint density at radius 2 is 2.22 bits per heavy atom. The lowest BCUT2D eigenvalue weighted by atomic mass is 10.1. The van der Waals surface area contributed by atoms with Gasteiger partial charge in [-0.3, -0.25) is 4.79 Å². The summed E-state index contributed by atoms with van der Waals surface area (Å²) in [5.74, 6) is 0.342. The van der Waals surface area contributed by atoms with E-state index < -0.39 is 5.91 Å². The van der Waals surface area contributed by atoms with E-state index >= 15 is 0 Å². The van der Waals surface area contributed by atoms with Crippen molar-refractivity contribution in [3.05, 3.63) is 35.2 Å². The number of carbonyl (C=O) groups excluding carboxylic acids is 1. The van der Waals surface area contributed by atoms with Gasteiger partial charge in [-0.1, -0.05) is 0 Å². The molecule has 6 nitrogen and oxygen atoms in total. The van der Waals surface area contributed by atoms with E-state index in [1.807, 2.05) is 6.07 Å². The molecule has 18 heavy (non-hydrogen) atoms. The topological polar surface area (TPSA) is 99.8 Å². The minimum absolute atomic E-state index is 0.382. The first kappa shape index (κ1) is 10.8. The van der Waals surface area contributed by atoms with Crippen LogP contribution >= 0.6 is 0 Å². The van der Waals surface area contributed by atoms with Crippen molar-refractivity contribution in [1.29, 1.82) is 0 Å². The molecular formula is C12H13N5O. The fourth-order valence-electron chi connectivity index (χ4n) is 2.27. The van der Waals surface area contributed by atoms with Crippen molar-refractivity contribution in [2.24, 2.45) is 5.73 Å². The summed E-state index contributed by atoms with van der Waals surface area (Å²) in [6.07, 6.45) is 4.61. The average Bonchev–Trinajstić information content (AvgIpc) is 2.94. The van der Waals surface area contributed by atoms with Gasteiger partial charge in [-0.05, 0) is 30.9 Å². The quantitative estimate of drug-likeness (QED) is 0.799. The Hall–Kier alpha value is -2.37. The van der Waals surface area contributed by atoms with E-state index in [-0.39, 0.29) is 0 Å². The normalized spacial score (nSPS) is 13.6. The zero-order valence-corrected chi connectivity index (χ0v) is 9.76. The van der Waals surface area contributed by atoms with Crippen LogP contribution in [0, 0.1) is 0 Å². The SMILES string of the molecule is NC(=O)c1cc2c(nc1-n1ccc(N)n1)CCC2. The van der Waals surface area contributed by atoms with Gasteiger partial charge < -0.3 is 11.5 Å². The molecule has 4 N–H and O–H groups in total. The number of amides is 1. The molecular weight excluding hydrogens is 230 g/mol. The van der Waals surface area contributed by atoms with Crippen molar-refractivity contribution >= 4 is 11.7 Å². The number of nitrogen functional groups attached to an aromatic ring is 1. The van der Waals surface area contributed by atoms with Gasteiger partial charge in [-0.15, -0.1) is 5.10 Å². The molecule has 0 aromatic carbocycles. The first-order chi connectivity index (χ1) is 8.65. The third kappa shape index (κ3) is 1.62. The van der Waals surface area contributed by atoms with Crippen molar-refractivity contribution in [3.8, 4) is 5.82 Å². The Balaban J connectivity index is 2.21. The number of primary amides is 1. The van der Waals surface area contributed by atoms with E-state index in [4.69, 9.17) is 11.5 Å². The molecule has 2 aromatic heterocycles. The second kappa shape index (κ2) is 3.83. The van der Waals surface area contributed by atoms with Crippen molar-refractivity contribution in [2.45, 2.75) is 19.3 Å². The Bertz CT molecular complexity index is 631. The maximum Gasteiger partial charge on any atom is 0.252 e. The van der Waals surface area contributed by atoms with Gasteiger partial charge in [0.15, 0.2) is 5.82 Å². The number of anilines is 1. The lowest BCUT2D eigenvalue weighted by Gasteiger charge is -2.09. The van der Waals surface area contributed by atoms with E-state index in [2.05, 4.69) is 10.1 Å². The third-order valence-corrected chi connectivity index (χ3v) is 3.12. The summed E-state index contributed by atoms with van der Waals surface area (Å²) < 4.78 is 1.49. The van der Waals surface area contributed by atoms with E-state index in [9.17, 15) is 4.79 Å². The molecule has 0 atom stereocenters. The molecule has 1 aliphatic carbocycles. The van der Waals surface area contributed by atoms with Crippen LogP contribution < -0.4 is 11.5 Å². The minimum Gasteiger partial charge on any atom is -0.382 e. The number of pyridine rings is 1. The van der Waals surface area contributed by atoms with Gasteiger partial charge in [0.25, 0.3) is 5.91 Å². The first-order valence-corrected chi connectivity index (χ1v) is 5.79. The van der Waals surface area contributed by atoms with Gasteiger partial charge in [0.2, 0.25) is 0 Å². The molecule has 0 saturated heterocycles. The molecule has 0 fully saturated rings. The van der Waals surface area contributed by atoms with E-state index in [1.54, 1.807) is 12.3 Å². The molecule has 0 bridgehead atoms. The monoisotopic (exact) mass is 243 g/mol. The van der Waals surface area contributed by atoms with Crippen molar-refractivity contribution in [3.63, 3.8) is 0 Å². The van der Waals surface area contributed by atoms with Crippen LogP contribution in [0.1, 0.15) is 28.0 Å². The Morgan fingerprint density at radius 3 is 2.89 bits per heavy atom. The Labute approximate surface area is 104 Å². The number of aromatic nitrogens is 3. The molecule has 2 aromatic rings. The Morgan fingerprint density at radius 1 is 1.39 bits per heavy atom. The first-order valence-electron chi connectivity index (χ1n) is 5.79. The number of nitrogens with zero attached hydrogens (tertiary/aromatic N) is 3. The van der Waals surface area contributed by atoms with E-state index in [0.29, 0.717) is 17.2 Å². The summed E-state index contributed by atoms with van der Waals surface area (Å²) in [6, 6.07) is 3.48. The minimum atomic E-state index is -0.499. The molecule has 3 rings (SSSR count). The fraction of sp³-hybridized carbons (Fsp3) is 0.250. The maximum absolute atomic E-state index is 11.5.